The van der Waals surface area contributed by atoms with Crippen LogP contribution >= 0.6 is 11.6 Å². The maximum absolute atomic E-state index is 12.3. The van der Waals surface area contributed by atoms with Crippen molar-refractivity contribution in [1.29, 1.82) is 0 Å². The molecule has 1 aliphatic rings. The molecule has 1 N–H and O–H groups in total. The zero-order chi connectivity index (χ0) is 16.2. The molecule has 2 aromatic rings. The Morgan fingerprint density at radius 1 is 1.39 bits per heavy atom. The molecule has 1 aromatic carbocycles. The standard InChI is InChI=1S/C17H17ClN2O3/c1-11-14(18)3-2-4-15(11)20-17(21)12-5-6-16(19-9-12)23-13-7-8-22-10-13/h2-6,9,13H,7-8,10H2,1H3,(H,20,21)/t13-/m0/s1. The third kappa shape index (κ3) is 3.81. The summed E-state index contributed by atoms with van der Waals surface area (Å²) in [5.41, 5.74) is 1.97. The lowest BCUT2D eigenvalue weighted by atomic mass is 10.2. The van der Waals surface area contributed by atoms with Crippen LogP contribution in [0.1, 0.15) is 22.3 Å². The average molecular weight is 333 g/mol. The maximum Gasteiger partial charge on any atom is 0.257 e. The van der Waals surface area contributed by atoms with Crippen LogP contribution in [0.5, 0.6) is 5.88 Å². The van der Waals surface area contributed by atoms with Crippen molar-refractivity contribution < 1.29 is 14.3 Å². The molecule has 23 heavy (non-hydrogen) atoms. The van der Waals surface area contributed by atoms with Gasteiger partial charge in [0.05, 0.1) is 18.8 Å². The molecule has 0 spiro atoms. The minimum absolute atomic E-state index is 0.0382. The van der Waals surface area contributed by atoms with Crippen LogP contribution in [0.15, 0.2) is 36.5 Å². The second kappa shape index (κ2) is 6.98. The molecule has 3 rings (SSSR count). The van der Waals surface area contributed by atoms with Gasteiger partial charge in [-0.1, -0.05) is 17.7 Å². The molecule has 2 heterocycles. The van der Waals surface area contributed by atoms with Crippen LogP contribution in [0.3, 0.4) is 0 Å². The van der Waals surface area contributed by atoms with Crippen molar-refractivity contribution in [1.82, 2.24) is 4.98 Å². The molecule has 5 nitrogen and oxygen atoms in total. The minimum Gasteiger partial charge on any atom is -0.472 e. The van der Waals surface area contributed by atoms with E-state index in [-0.39, 0.29) is 12.0 Å². The second-order valence-electron chi connectivity index (χ2n) is 5.36. The van der Waals surface area contributed by atoms with Crippen molar-refractivity contribution >= 4 is 23.2 Å². The summed E-state index contributed by atoms with van der Waals surface area (Å²) in [5, 5.41) is 3.45. The number of anilines is 1. The zero-order valence-electron chi connectivity index (χ0n) is 12.7. The number of amides is 1. The summed E-state index contributed by atoms with van der Waals surface area (Å²) in [6, 6.07) is 8.77. The highest BCUT2D eigenvalue weighted by atomic mass is 35.5. The van der Waals surface area contributed by atoms with Gasteiger partial charge in [0, 0.05) is 29.4 Å². The number of carbonyl (C=O) groups excluding carboxylic acids is 1. The number of hydrogen-bond donors (Lipinski definition) is 1. The monoisotopic (exact) mass is 332 g/mol. The molecule has 0 bridgehead atoms. The van der Waals surface area contributed by atoms with Gasteiger partial charge in [-0.25, -0.2) is 4.98 Å². The molecule has 0 radical (unpaired) electrons. The number of hydrogen-bond acceptors (Lipinski definition) is 4. The van der Waals surface area contributed by atoms with Crippen LogP contribution in [0.2, 0.25) is 5.02 Å². The van der Waals surface area contributed by atoms with Crippen LogP contribution in [-0.4, -0.2) is 30.2 Å². The van der Waals surface area contributed by atoms with E-state index in [1.807, 2.05) is 13.0 Å². The van der Waals surface area contributed by atoms with E-state index in [9.17, 15) is 4.79 Å². The molecule has 1 aromatic heterocycles. The maximum atomic E-state index is 12.3. The van der Waals surface area contributed by atoms with E-state index in [1.54, 1.807) is 24.3 Å². The Bertz CT molecular complexity index is 697. The molecule has 6 heteroatoms. The lowest BCUT2D eigenvalue weighted by molar-refractivity contribution is 0.102. The Hall–Kier alpha value is -2.11. The Labute approximate surface area is 139 Å². The summed E-state index contributed by atoms with van der Waals surface area (Å²) < 4.78 is 10.9. The first-order valence-corrected chi connectivity index (χ1v) is 7.78. The number of nitrogens with zero attached hydrogens (tertiary/aromatic N) is 1. The van der Waals surface area contributed by atoms with Gasteiger partial charge >= 0.3 is 0 Å². The summed E-state index contributed by atoms with van der Waals surface area (Å²) in [6.45, 7) is 3.15. The van der Waals surface area contributed by atoms with E-state index in [0.717, 1.165) is 12.0 Å². The third-order valence-electron chi connectivity index (χ3n) is 3.69. The van der Waals surface area contributed by atoms with Gasteiger partial charge in [-0.15, -0.1) is 0 Å². The first-order valence-electron chi connectivity index (χ1n) is 7.40. The van der Waals surface area contributed by atoms with Gasteiger partial charge in [0.1, 0.15) is 6.10 Å². The molecule has 1 amide bonds. The van der Waals surface area contributed by atoms with E-state index < -0.39 is 0 Å². The van der Waals surface area contributed by atoms with E-state index >= 15 is 0 Å². The first kappa shape index (κ1) is 15.8. The number of halogens is 1. The predicted molar refractivity (Wildman–Crippen MR) is 88.2 cm³/mol. The molecule has 0 unspecified atom stereocenters. The predicted octanol–water partition coefficient (Wildman–Crippen LogP) is 3.46. The molecule has 1 atom stereocenters. The highest BCUT2D eigenvalue weighted by Crippen LogP contribution is 2.23. The summed E-state index contributed by atoms with van der Waals surface area (Å²) in [4.78, 5) is 16.5. The van der Waals surface area contributed by atoms with Crippen molar-refractivity contribution in [3.63, 3.8) is 0 Å². The van der Waals surface area contributed by atoms with Gasteiger partial charge in [0.15, 0.2) is 0 Å². The Balaban J connectivity index is 1.66. The fraction of sp³-hybridized carbons (Fsp3) is 0.294. The Kier molecular flexibility index (Phi) is 4.79. The fourth-order valence-electron chi connectivity index (χ4n) is 2.30. The van der Waals surface area contributed by atoms with Gasteiger partial charge in [0.25, 0.3) is 5.91 Å². The van der Waals surface area contributed by atoms with Gasteiger partial charge in [-0.3, -0.25) is 4.79 Å². The molecule has 120 valence electrons. The smallest absolute Gasteiger partial charge is 0.257 e. The lowest BCUT2D eigenvalue weighted by Gasteiger charge is -2.12. The quantitative estimate of drug-likeness (QED) is 0.931. The second-order valence-corrected chi connectivity index (χ2v) is 5.76. The number of aromatic nitrogens is 1. The third-order valence-corrected chi connectivity index (χ3v) is 4.10. The minimum atomic E-state index is -0.237. The summed E-state index contributed by atoms with van der Waals surface area (Å²) in [6.07, 6.45) is 2.40. The van der Waals surface area contributed by atoms with Gasteiger partial charge in [0.2, 0.25) is 5.88 Å². The van der Waals surface area contributed by atoms with Gasteiger partial charge in [-0.2, -0.15) is 0 Å². The number of pyridine rings is 1. The molecular weight excluding hydrogens is 316 g/mol. The normalized spacial score (nSPS) is 17.0. The number of nitrogens with one attached hydrogen (secondary N) is 1. The first-order chi connectivity index (χ1) is 11.1. The van der Waals surface area contributed by atoms with E-state index in [4.69, 9.17) is 21.1 Å². The number of benzene rings is 1. The zero-order valence-corrected chi connectivity index (χ0v) is 13.5. The van der Waals surface area contributed by atoms with Crippen LogP contribution < -0.4 is 10.1 Å². The van der Waals surface area contributed by atoms with E-state index in [1.165, 1.54) is 6.20 Å². The lowest BCUT2D eigenvalue weighted by Crippen LogP contribution is -2.17. The van der Waals surface area contributed by atoms with Gasteiger partial charge < -0.3 is 14.8 Å². The topological polar surface area (TPSA) is 60.5 Å². The summed E-state index contributed by atoms with van der Waals surface area (Å²) in [7, 11) is 0. The molecule has 1 fully saturated rings. The van der Waals surface area contributed by atoms with Crippen molar-refractivity contribution in [3.8, 4) is 5.88 Å². The largest absolute Gasteiger partial charge is 0.472 e. The summed E-state index contributed by atoms with van der Waals surface area (Å²) >= 11 is 6.05. The van der Waals surface area contributed by atoms with Crippen molar-refractivity contribution in [2.45, 2.75) is 19.4 Å². The highest BCUT2D eigenvalue weighted by molar-refractivity contribution is 6.31. The molecule has 0 saturated carbocycles. The Morgan fingerprint density at radius 3 is 2.96 bits per heavy atom. The van der Waals surface area contributed by atoms with Crippen LogP contribution in [0.4, 0.5) is 5.69 Å². The highest BCUT2D eigenvalue weighted by Gasteiger charge is 2.18. The van der Waals surface area contributed by atoms with Crippen molar-refractivity contribution in [2.24, 2.45) is 0 Å². The molecule has 1 aliphatic heterocycles. The number of ether oxygens (including phenoxy) is 2. The summed E-state index contributed by atoms with van der Waals surface area (Å²) in [5.74, 6) is 0.259. The van der Waals surface area contributed by atoms with E-state index in [2.05, 4.69) is 10.3 Å². The molecule has 0 aliphatic carbocycles. The SMILES string of the molecule is Cc1c(Cl)cccc1NC(=O)c1ccc(O[C@H]2CCOC2)nc1. The van der Waals surface area contributed by atoms with Crippen molar-refractivity contribution in [3.05, 3.63) is 52.7 Å². The number of carbonyl (C=O) groups is 1. The van der Waals surface area contributed by atoms with Crippen LogP contribution in [0, 0.1) is 6.92 Å². The molecular formula is C17H17ClN2O3. The van der Waals surface area contributed by atoms with Crippen molar-refractivity contribution in [2.75, 3.05) is 18.5 Å². The van der Waals surface area contributed by atoms with Crippen LogP contribution in [0.25, 0.3) is 0 Å². The van der Waals surface area contributed by atoms with E-state index in [0.29, 0.717) is 35.4 Å². The fourth-order valence-corrected chi connectivity index (χ4v) is 2.47. The average Bonchev–Trinajstić information content (AvgIpc) is 3.05. The van der Waals surface area contributed by atoms with Crippen LogP contribution in [-0.2, 0) is 4.74 Å². The molecule has 1 saturated heterocycles. The van der Waals surface area contributed by atoms with Gasteiger partial charge in [-0.05, 0) is 30.7 Å². The Morgan fingerprint density at radius 2 is 2.26 bits per heavy atom. The number of rotatable bonds is 4.